The number of halogens is 3. The Morgan fingerprint density at radius 3 is 2.82 bits per heavy atom. The van der Waals surface area contributed by atoms with E-state index in [9.17, 15) is 23.9 Å². The van der Waals surface area contributed by atoms with Crippen molar-refractivity contribution in [2.24, 2.45) is 0 Å². The number of cyclic esters (lactones) is 1. The molecule has 0 fully saturated rings. The first kappa shape index (κ1) is 23.3. The van der Waals surface area contributed by atoms with Gasteiger partial charge in [-0.25, -0.2) is 14.0 Å². The van der Waals surface area contributed by atoms with Gasteiger partial charge in [-0.2, -0.15) is 0 Å². The maximum absolute atomic E-state index is 14.3. The zero-order chi connectivity index (χ0) is 24.4. The maximum Gasteiger partial charge on any atom is 0.343 e. The normalized spacial score (nSPS) is 23.0. The molecule has 0 saturated heterocycles. The molecule has 0 saturated carbocycles. The molecular weight excluding hydrogens is 578 g/mol. The van der Waals surface area contributed by atoms with Gasteiger partial charge >= 0.3 is 5.97 Å². The average Bonchev–Trinajstić information content (AvgIpc) is 3.19. The molecule has 2 atom stereocenters. The quantitative estimate of drug-likeness (QED) is 0.253. The lowest BCUT2D eigenvalue weighted by Crippen LogP contribution is -2.45. The Kier molecular flexibility index (Phi) is 5.71. The number of hydrogen-bond donors (Lipinski definition) is 1. The predicted octanol–water partition coefficient (Wildman–Crippen LogP) is 3.19. The van der Waals surface area contributed by atoms with Gasteiger partial charge in [0.1, 0.15) is 18.4 Å². The third kappa shape index (κ3) is 3.21. The maximum atomic E-state index is 14.3. The van der Waals surface area contributed by atoms with Gasteiger partial charge in [0.05, 0.1) is 38.7 Å². The second-order valence-corrected chi connectivity index (χ2v) is 9.90. The summed E-state index contributed by atoms with van der Waals surface area (Å²) in [6.07, 6.45) is 2.09. The minimum absolute atomic E-state index is 0.0696. The molecule has 0 radical (unpaired) electrons. The number of hydrogen-bond acceptors (Lipinski definition) is 6. The summed E-state index contributed by atoms with van der Waals surface area (Å²) in [6, 6.07) is 4.15. The molecule has 3 aliphatic heterocycles. The van der Waals surface area contributed by atoms with Crippen molar-refractivity contribution in [1.29, 1.82) is 0 Å². The molecule has 4 heterocycles. The summed E-state index contributed by atoms with van der Waals surface area (Å²) in [7, 11) is 0. The number of nitrogens with zero attached hydrogens (tertiary/aromatic N) is 2. The summed E-state index contributed by atoms with van der Waals surface area (Å²) in [5.41, 5.74) is 1.00. The number of fused-ring (bicyclic) bond motifs is 1. The number of aliphatic hydroxyl groups is 1. The Morgan fingerprint density at radius 1 is 1.38 bits per heavy atom. The minimum atomic E-state index is -1.87. The SMILES string of the molecule is CC[C@@]1(O)C(=O)OCc2c1ccn(CC1=C(I)C(=C=O)c3cc(F)cc4c3N1C(CCl)C4)c2=O. The Labute approximate surface area is 212 Å². The van der Waals surface area contributed by atoms with Gasteiger partial charge in [0.2, 0.25) is 0 Å². The highest BCUT2D eigenvalue weighted by Crippen LogP contribution is 2.49. The van der Waals surface area contributed by atoms with Crippen molar-refractivity contribution in [1.82, 2.24) is 4.57 Å². The number of benzene rings is 1. The summed E-state index contributed by atoms with van der Waals surface area (Å²) in [5, 5.41) is 10.8. The third-order valence-electron chi connectivity index (χ3n) is 6.76. The predicted molar refractivity (Wildman–Crippen MR) is 132 cm³/mol. The molecule has 10 heteroatoms. The molecule has 1 N–H and O–H groups in total. The van der Waals surface area contributed by atoms with Gasteiger partial charge in [0.25, 0.3) is 5.56 Å². The van der Waals surface area contributed by atoms with Crippen molar-refractivity contribution < 1.29 is 23.8 Å². The summed E-state index contributed by atoms with van der Waals surface area (Å²) in [4.78, 5) is 39.4. The van der Waals surface area contributed by atoms with Crippen molar-refractivity contribution in [2.75, 3.05) is 10.8 Å². The third-order valence-corrected chi connectivity index (χ3v) is 8.27. The van der Waals surface area contributed by atoms with Gasteiger partial charge in [-0.3, -0.25) is 4.79 Å². The molecule has 176 valence electrons. The lowest BCUT2D eigenvalue weighted by atomic mass is 9.87. The van der Waals surface area contributed by atoms with Crippen LogP contribution in [0.15, 0.2) is 38.5 Å². The van der Waals surface area contributed by atoms with Crippen LogP contribution in [0.2, 0.25) is 0 Å². The van der Waals surface area contributed by atoms with Crippen molar-refractivity contribution >= 4 is 57.4 Å². The largest absolute Gasteiger partial charge is 0.458 e. The Morgan fingerprint density at radius 2 is 2.15 bits per heavy atom. The Balaban J connectivity index is 1.65. The second kappa shape index (κ2) is 8.34. The lowest BCUT2D eigenvalue weighted by Gasteiger charge is -2.36. The van der Waals surface area contributed by atoms with Crippen LogP contribution in [0, 0.1) is 5.82 Å². The van der Waals surface area contributed by atoms with Crippen LogP contribution in [0.3, 0.4) is 0 Å². The van der Waals surface area contributed by atoms with Crippen LogP contribution in [0.5, 0.6) is 0 Å². The lowest BCUT2D eigenvalue weighted by molar-refractivity contribution is -0.172. The number of aromatic nitrogens is 1. The smallest absolute Gasteiger partial charge is 0.343 e. The molecule has 0 spiro atoms. The van der Waals surface area contributed by atoms with Gasteiger partial charge in [0.15, 0.2) is 5.60 Å². The van der Waals surface area contributed by atoms with Gasteiger partial charge in [-0.1, -0.05) is 6.92 Å². The molecule has 34 heavy (non-hydrogen) atoms. The molecule has 2 aromatic rings. The summed E-state index contributed by atoms with van der Waals surface area (Å²) < 4.78 is 21.4. The molecule has 1 aromatic carbocycles. The molecule has 7 nitrogen and oxygen atoms in total. The van der Waals surface area contributed by atoms with Crippen molar-refractivity contribution in [3.63, 3.8) is 0 Å². The molecule has 0 bridgehead atoms. The van der Waals surface area contributed by atoms with Gasteiger partial charge in [0, 0.05) is 23.2 Å². The number of pyridine rings is 1. The summed E-state index contributed by atoms with van der Waals surface area (Å²) >= 11 is 8.29. The van der Waals surface area contributed by atoms with Crippen LogP contribution in [0.25, 0.3) is 5.57 Å². The number of carbonyl (C=O) groups is 1. The number of esters is 1. The van der Waals surface area contributed by atoms with Crippen molar-refractivity contribution in [2.45, 2.75) is 44.6 Å². The number of anilines is 1. The number of carbonyl (C=O) groups excluding carboxylic acids is 2. The minimum Gasteiger partial charge on any atom is -0.458 e. The first-order valence-electron chi connectivity index (χ1n) is 10.7. The number of alkyl halides is 1. The van der Waals surface area contributed by atoms with Crippen LogP contribution in [0.4, 0.5) is 10.1 Å². The fraction of sp³-hybridized carbons (Fsp3) is 0.333. The fourth-order valence-electron chi connectivity index (χ4n) is 5.04. The first-order valence-corrected chi connectivity index (χ1v) is 12.3. The number of allylic oxidation sites excluding steroid dienone is 3. The fourth-order valence-corrected chi connectivity index (χ4v) is 6.12. The van der Waals surface area contributed by atoms with Crippen molar-refractivity contribution in [3.8, 4) is 0 Å². The van der Waals surface area contributed by atoms with E-state index in [-0.39, 0.29) is 48.2 Å². The zero-order valence-electron chi connectivity index (χ0n) is 18.0. The van der Waals surface area contributed by atoms with Crippen LogP contribution in [-0.4, -0.2) is 33.5 Å². The van der Waals surface area contributed by atoms with Crippen LogP contribution >= 0.6 is 34.2 Å². The van der Waals surface area contributed by atoms with Crippen LogP contribution in [-0.2, 0) is 39.5 Å². The molecule has 1 aromatic heterocycles. The highest BCUT2D eigenvalue weighted by atomic mass is 127. The summed E-state index contributed by atoms with van der Waals surface area (Å²) in [5.74, 6) is 1.00. The van der Waals surface area contributed by atoms with Gasteiger partial charge in [-0.05, 0) is 59.2 Å². The first-order chi connectivity index (χ1) is 16.2. The Bertz CT molecular complexity index is 1400. The van der Waals surface area contributed by atoms with E-state index in [1.54, 1.807) is 13.0 Å². The van der Waals surface area contributed by atoms with E-state index in [1.165, 1.54) is 22.9 Å². The Hall–Kier alpha value is -2.46. The van der Waals surface area contributed by atoms with Crippen LogP contribution < -0.4 is 10.5 Å². The van der Waals surface area contributed by atoms with E-state index in [0.29, 0.717) is 26.9 Å². The molecule has 3 aliphatic rings. The van der Waals surface area contributed by atoms with E-state index in [0.717, 1.165) is 5.56 Å². The second-order valence-electron chi connectivity index (χ2n) is 8.51. The summed E-state index contributed by atoms with van der Waals surface area (Å²) in [6.45, 7) is 1.51. The zero-order valence-corrected chi connectivity index (χ0v) is 20.9. The van der Waals surface area contributed by atoms with E-state index < -0.39 is 22.9 Å². The number of ether oxygens (including phenoxy) is 1. The molecule has 0 amide bonds. The highest BCUT2D eigenvalue weighted by molar-refractivity contribution is 14.1. The standard InChI is InChI=1S/C24H19ClFIN2O5/c1-2-24(33)18-3-4-28(22(31)17(18)11-34-23(24)32)9-19-20(27)16(10-30)15-7-13(26)5-12-6-14(8-25)29(19)21(12)15/h3-5,7,14,33H,2,6,8-9,11H2,1H3/t14?,24-/m0/s1. The monoisotopic (exact) mass is 596 g/mol. The molecule has 1 unspecified atom stereocenters. The van der Waals surface area contributed by atoms with Gasteiger partial charge in [-0.15, -0.1) is 11.6 Å². The van der Waals surface area contributed by atoms with E-state index >= 15 is 0 Å². The van der Waals surface area contributed by atoms with Crippen molar-refractivity contribution in [3.05, 3.63) is 72.1 Å². The van der Waals surface area contributed by atoms with Gasteiger partial charge < -0.3 is 19.3 Å². The topological polar surface area (TPSA) is 88.8 Å². The van der Waals surface area contributed by atoms with E-state index in [1.807, 2.05) is 33.4 Å². The molecule has 5 rings (SSSR count). The van der Waals surface area contributed by atoms with Crippen LogP contribution in [0.1, 0.15) is 35.6 Å². The highest BCUT2D eigenvalue weighted by Gasteiger charge is 2.44. The van der Waals surface area contributed by atoms with E-state index in [2.05, 4.69) is 0 Å². The molecular formula is C24H19ClFIN2O5. The van der Waals surface area contributed by atoms with E-state index in [4.69, 9.17) is 16.3 Å². The average molecular weight is 597 g/mol. The number of rotatable bonds is 4. The molecule has 0 aliphatic carbocycles.